The fraction of sp³-hybridized carbons (Fsp3) is 0.571. The lowest BCUT2D eigenvalue weighted by Crippen LogP contribution is -2.34. The van der Waals surface area contributed by atoms with Crippen LogP contribution < -0.4 is 4.74 Å². The SMILES string of the molecule is CC[Si](CC)(CC)Cc1ccc(OC)cc1. The summed E-state index contributed by atoms with van der Waals surface area (Å²) in [5, 5.41) is 0. The standard InChI is InChI=1S/C14H24OSi/c1-5-16(6-2,7-3)12-13-8-10-14(15-4)11-9-13/h8-11H,5-7,12H2,1-4H3. The molecule has 90 valence electrons. The van der Waals surface area contributed by atoms with Gasteiger partial charge in [-0.3, -0.25) is 0 Å². The molecule has 1 aromatic rings. The lowest BCUT2D eigenvalue weighted by atomic mass is 10.2. The van der Waals surface area contributed by atoms with E-state index in [2.05, 4.69) is 45.0 Å². The van der Waals surface area contributed by atoms with Crippen molar-refractivity contribution in [3.8, 4) is 5.75 Å². The summed E-state index contributed by atoms with van der Waals surface area (Å²) in [4.78, 5) is 0. The lowest BCUT2D eigenvalue weighted by molar-refractivity contribution is 0.414. The molecule has 1 rings (SSSR count). The van der Waals surface area contributed by atoms with Crippen molar-refractivity contribution in [1.29, 1.82) is 0 Å². The second-order valence-corrected chi connectivity index (χ2v) is 10.1. The first-order chi connectivity index (χ1) is 7.69. The second kappa shape index (κ2) is 6.09. The predicted molar refractivity (Wildman–Crippen MR) is 73.9 cm³/mol. The van der Waals surface area contributed by atoms with Gasteiger partial charge in [0.05, 0.1) is 15.2 Å². The van der Waals surface area contributed by atoms with Crippen molar-refractivity contribution in [2.24, 2.45) is 0 Å². The Morgan fingerprint density at radius 1 is 0.938 bits per heavy atom. The van der Waals surface area contributed by atoms with Crippen molar-refractivity contribution in [3.63, 3.8) is 0 Å². The third-order valence-electron chi connectivity index (χ3n) is 3.99. The quantitative estimate of drug-likeness (QED) is 0.670. The zero-order chi connectivity index (χ0) is 12.0. The summed E-state index contributed by atoms with van der Waals surface area (Å²) in [5.74, 6) is 0.959. The van der Waals surface area contributed by atoms with Crippen LogP contribution >= 0.6 is 0 Å². The molecule has 0 aliphatic carbocycles. The van der Waals surface area contributed by atoms with Crippen LogP contribution in [0.25, 0.3) is 0 Å². The van der Waals surface area contributed by atoms with Crippen LogP contribution in [0.5, 0.6) is 5.75 Å². The van der Waals surface area contributed by atoms with Crippen molar-refractivity contribution in [3.05, 3.63) is 29.8 Å². The van der Waals surface area contributed by atoms with Gasteiger partial charge in [-0.05, 0) is 18.2 Å². The normalized spacial score (nSPS) is 11.5. The fourth-order valence-electron chi connectivity index (χ4n) is 2.30. The van der Waals surface area contributed by atoms with Crippen molar-refractivity contribution in [2.75, 3.05) is 7.11 Å². The second-order valence-electron chi connectivity index (χ2n) is 4.59. The number of hydrogen-bond donors (Lipinski definition) is 0. The summed E-state index contributed by atoms with van der Waals surface area (Å²) in [6.45, 7) is 7.09. The van der Waals surface area contributed by atoms with Gasteiger partial charge in [-0.1, -0.05) is 56.6 Å². The molecule has 0 aliphatic rings. The van der Waals surface area contributed by atoms with E-state index in [4.69, 9.17) is 4.74 Å². The average molecular weight is 236 g/mol. The highest BCUT2D eigenvalue weighted by Crippen LogP contribution is 2.25. The van der Waals surface area contributed by atoms with E-state index >= 15 is 0 Å². The van der Waals surface area contributed by atoms with E-state index in [-0.39, 0.29) is 0 Å². The molecule has 0 heterocycles. The molecule has 0 unspecified atom stereocenters. The van der Waals surface area contributed by atoms with Gasteiger partial charge in [0.1, 0.15) is 5.75 Å². The first-order valence-corrected chi connectivity index (χ1v) is 9.15. The molecular weight excluding hydrogens is 212 g/mol. The maximum absolute atomic E-state index is 5.19. The first-order valence-electron chi connectivity index (χ1n) is 6.32. The highest BCUT2D eigenvalue weighted by molar-refractivity contribution is 6.79. The molecule has 0 N–H and O–H groups in total. The number of hydrogen-bond acceptors (Lipinski definition) is 1. The molecule has 16 heavy (non-hydrogen) atoms. The third-order valence-corrected chi connectivity index (χ3v) is 9.65. The molecule has 0 aromatic heterocycles. The van der Waals surface area contributed by atoms with Crippen LogP contribution in [-0.2, 0) is 6.04 Å². The summed E-state index contributed by atoms with van der Waals surface area (Å²) in [6.07, 6.45) is 0. The maximum atomic E-state index is 5.19. The highest BCUT2D eigenvalue weighted by Gasteiger charge is 2.26. The van der Waals surface area contributed by atoms with Gasteiger partial charge in [-0.25, -0.2) is 0 Å². The van der Waals surface area contributed by atoms with Crippen LogP contribution in [0.4, 0.5) is 0 Å². The van der Waals surface area contributed by atoms with E-state index in [0.717, 1.165) is 5.75 Å². The predicted octanol–water partition coefficient (Wildman–Crippen LogP) is 4.29. The van der Waals surface area contributed by atoms with E-state index in [1.807, 2.05) is 0 Å². The van der Waals surface area contributed by atoms with E-state index < -0.39 is 8.07 Å². The van der Waals surface area contributed by atoms with Gasteiger partial charge >= 0.3 is 0 Å². The zero-order valence-corrected chi connectivity index (χ0v) is 12.0. The van der Waals surface area contributed by atoms with Gasteiger partial charge in [0.15, 0.2) is 0 Å². The van der Waals surface area contributed by atoms with Crippen LogP contribution in [0.3, 0.4) is 0 Å². The Morgan fingerprint density at radius 3 is 1.81 bits per heavy atom. The molecule has 0 fully saturated rings. The zero-order valence-electron chi connectivity index (χ0n) is 11.0. The minimum Gasteiger partial charge on any atom is -0.497 e. The van der Waals surface area contributed by atoms with Gasteiger partial charge in [0.25, 0.3) is 0 Å². The van der Waals surface area contributed by atoms with Crippen LogP contribution in [0, 0.1) is 0 Å². The van der Waals surface area contributed by atoms with Crippen LogP contribution in [0.15, 0.2) is 24.3 Å². The van der Waals surface area contributed by atoms with Gasteiger partial charge in [-0.2, -0.15) is 0 Å². The van der Waals surface area contributed by atoms with Gasteiger partial charge in [0, 0.05) is 0 Å². The molecule has 0 atom stereocenters. The third kappa shape index (κ3) is 3.11. The smallest absolute Gasteiger partial charge is 0.118 e. The molecule has 0 saturated carbocycles. The van der Waals surface area contributed by atoms with Gasteiger partial charge in [0.2, 0.25) is 0 Å². The van der Waals surface area contributed by atoms with Crippen LogP contribution in [0.1, 0.15) is 26.3 Å². The summed E-state index contributed by atoms with van der Waals surface area (Å²) in [5.41, 5.74) is 1.48. The number of rotatable bonds is 6. The molecule has 0 amide bonds. The Kier molecular flexibility index (Phi) is 5.06. The van der Waals surface area contributed by atoms with Crippen molar-refractivity contribution in [2.45, 2.75) is 44.9 Å². The first kappa shape index (κ1) is 13.3. The number of methoxy groups -OCH3 is 1. The Morgan fingerprint density at radius 2 is 1.44 bits per heavy atom. The van der Waals surface area contributed by atoms with Crippen molar-refractivity contribution < 1.29 is 4.74 Å². The summed E-state index contributed by atoms with van der Waals surface area (Å²) >= 11 is 0. The van der Waals surface area contributed by atoms with Crippen molar-refractivity contribution in [1.82, 2.24) is 0 Å². The lowest BCUT2D eigenvalue weighted by Gasteiger charge is -2.28. The summed E-state index contributed by atoms with van der Waals surface area (Å²) in [7, 11) is 0.694. The minimum atomic E-state index is -1.03. The van der Waals surface area contributed by atoms with Crippen molar-refractivity contribution >= 4 is 8.07 Å². The van der Waals surface area contributed by atoms with Gasteiger partial charge in [-0.15, -0.1) is 0 Å². The van der Waals surface area contributed by atoms with E-state index in [0.29, 0.717) is 0 Å². The Hall–Kier alpha value is -0.763. The fourth-order valence-corrected chi connectivity index (χ4v) is 5.65. The molecule has 1 aromatic carbocycles. The highest BCUT2D eigenvalue weighted by atomic mass is 28.3. The Labute approximate surface area is 101 Å². The van der Waals surface area contributed by atoms with E-state index in [9.17, 15) is 0 Å². The van der Waals surface area contributed by atoms with Gasteiger partial charge < -0.3 is 4.74 Å². The van der Waals surface area contributed by atoms with Crippen LogP contribution in [-0.4, -0.2) is 15.2 Å². The molecule has 1 nitrogen and oxygen atoms in total. The molecular formula is C14H24OSi. The minimum absolute atomic E-state index is 0.959. The maximum Gasteiger partial charge on any atom is 0.118 e. The molecule has 0 spiro atoms. The molecule has 0 radical (unpaired) electrons. The van der Waals surface area contributed by atoms with E-state index in [1.165, 1.54) is 29.7 Å². The molecule has 2 heteroatoms. The summed E-state index contributed by atoms with van der Waals surface area (Å²) < 4.78 is 5.19. The molecule has 0 aliphatic heterocycles. The average Bonchev–Trinajstić information content (AvgIpc) is 2.37. The molecule has 0 bridgehead atoms. The van der Waals surface area contributed by atoms with E-state index in [1.54, 1.807) is 7.11 Å². The number of benzene rings is 1. The monoisotopic (exact) mass is 236 g/mol. The molecule has 0 saturated heterocycles. The Balaban J connectivity index is 2.77. The van der Waals surface area contributed by atoms with Crippen LogP contribution in [0.2, 0.25) is 18.1 Å². The Bertz CT molecular complexity index is 293. The summed E-state index contributed by atoms with van der Waals surface area (Å²) in [6, 6.07) is 14.1. The largest absolute Gasteiger partial charge is 0.497 e. The topological polar surface area (TPSA) is 9.23 Å². The number of ether oxygens (including phenoxy) is 1.